The Morgan fingerprint density at radius 2 is 2.35 bits per heavy atom. The van der Waals surface area contributed by atoms with Crippen LogP contribution in [0.5, 0.6) is 0 Å². The Hall–Kier alpha value is -2.00. The van der Waals surface area contributed by atoms with Gasteiger partial charge in [-0.15, -0.1) is 0 Å². The predicted molar refractivity (Wildman–Crippen MR) is 64.1 cm³/mol. The molecule has 1 aliphatic heterocycles. The molecule has 20 heavy (non-hydrogen) atoms. The van der Waals surface area contributed by atoms with E-state index in [4.69, 9.17) is 9.94 Å². The summed E-state index contributed by atoms with van der Waals surface area (Å²) in [7, 11) is 0. The number of nitrogens with zero attached hydrogens (tertiary/aromatic N) is 3. The zero-order valence-corrected chi connectivity index (χ0v) is 10.9. The van der Waals surface area contributed by atoms with Crippen molar-refractivity contribution in [3.05, 3.63) is 11.4 Å². The minimum absolute atomic E-state index is 0.0498. The number of aliphatic hydroxyl groups is 1. The van der Waals surface area contributed by atoms with Crippen molar-refractivity contribution in [1.29, 1.82) is 0 Å². The van der Waals surface area contributed by atoms with Gasteiger partial charge in [-0.1, -0.05) is 5.16 Å². The predicted octanol–water partition coefficient (Wildman–Crippen LogP) is -0.764. The summed E-state index contributed by atoms with van der Waals surface area (Å²) in [6.45, 7) is 1.23. The number of aromatic nitrogens is 2. The van der Waals surface area contributed by atoms with Crippen LogP contribution in [0.4, 0.5) is 0 Å². The smallest absolute Gasteiger partial charge is 0.299 e. The lowest BCUT2D eigenvalue weighted by atomic mass is 10.3. The molecule has 0 saturated carbocycles. The first-order valence-electron chi connectivity index (χ1n) is 6.34. The van der Waals surface area contributed by atoms with Gasteiger partial charge in [0.1, 0.15) is 5.69 Å². The van der Waals surface area contributed by atoms with Crippen molar-refractivity contribution in [2.24, 2.45) is 0 Å². The van der Waals surface area contributed by atoms with Crippen molar-refractivity contribution < 1.29 is 24.2 Å². The zero-order chi connectivity index (χ0) is 14.4. The number of amides is 2. The zero-order valence-electron chi connectivity index (χ0n) is 10.9. The third-order valence-electron chi connectivity index (χ3n) is 2.93. The molecule has 1 aliphatic rings. The number of carbonyl (C=O) groups is 2. The molecule has 1 saturated heterocycles. The molecule has 0 radical (unpaired) electrons. The van der Waals surface area contributed by atoms with Crippen molar-refractivity contribution >= 4 is 11.8 Å². The highest BCUT2D eigenvalue weighted by molar-refractivity contribution is 5.92. The molecule has 0 aromatic carbocycles. The fraction of sp³-hybridized carbons (Fsp3) is 0.636. The van der Waals surface area contributed by atoms with Gasteiger partial charge in [0.25, 0.3) is 5.91 Å². The van der Waals surface area contributed by atoms with Gasteiger partial charge in [-0.3, -0.25) is 14.4 Å². The molecule has 1 fully saturated rings. The molecule has 9 heteroatoms. The third kappa shape index (κ3) is 3.52. The van der Waals surface area contributed by atoms with Gasteiger partial charge in [0.2, 0.25) is 5.91 Å². The summed E-state index contributed by atoms with van der Waals surface area (Å²) in [5, 5.41) is 15.6. The fourth-order valence-corrected chi connectivity index (χ4v) is 1.92. The highest BCUT2D eigenvalue weighted by atomic mass is 16.7. The largest absolute Gasteiger partial charge is 0.390 e. The number of aliphatic hydroxyl groups excluding tert-OH is 1. The average molecular weight is 284 g/mol. The van der Waals surface area contributed by atoms with E-state index in [0.29, 0.717) is 19.4 Å². The maximum atomic E-state index is 11.6. The fourth-order valence-electron chi connectivity index (χ4n) is 1.92. The standard InChI is InChI=1S/C11H16N4O5/c16-7-8-10(13-20-12-8)11(18)14-19-6-2-5-15-4-1-3-9(15)17/h16H,1-7H2,(H,14,18). The molecule has 1 aromatic heterocycles. The van der Waals surface area contributed by atoms with E-state index in [1.54, 1.807) is 4.90 Å². The number of nitrogens with one attached hydrogen (secondary N) is 1. The molecule has 0 bridgehead atoms. The van der Waals surface area contributed by atoms with Crippen LogP contribution in [0.1, 0.15) is 35.4 Å². The normalized spacial score (nSPS) is 14.8. The van der Waals surface area contributed by atoms with E-state index in [-0.39, 0.29) is 23.9 Å². The maximum Gasteiger partial charge on any atom is 0.299 e. The Labute approximate surface area is 114 Å². The summed E-state index contributed by atoms with van der Waals surface area (Å²) in [5.41, 5.74) is 2.12. The number of carbonyl (C=O) groups excluding carboxylic acids is 2. The Balaban J connectivity index is 1.63. The summed E-state index contributed by atoms with van der Waals surface area (Å²) in [6.07, 6.45) is 2.14. The second-order valence-corrected chi connectivity index (χ2v) is 4.34. The van der Waals surface area contributed by atoms with Gasteiger partial charge in [-0.2, -0.15) is 0 Å². The van der Waals surface area contributed by atoms with Crippen LogP contribution >= 0.6 is 0 Å². The van der Waals surface area contributed by atoms with Gasteiger partial charge in [0.05, 0.1) is 13.2 Å². The van der Waals surface area contributed by atoms with Crippen molar-refractivity contribution in [2.75, 3.05) is 19.7 Å². The number of hydroxylamine groups is 1. The van der Waals surface area contributed by atoms with Crippen LogP contribution in [0.2, 0.25) is 0 Å². The first kappa shape index (κ1) is 14.4. The maximum absolute atomic E-state index is 11.6. The molecule has 2 amide bonds. The van der Waals surface area contributed by atoms with Crippen LogP contribution in [-0.4, -0.2) is 51.8 Å². The Morgan fingerprint density at radius 3 is 3.05 bits per heavy atom. The van der Waals surface area contributed by atoms with E-state index < -0.39 is 12.5 Å². The summed E-state index contributed by atoms with van der Waals surface area (Å²) < 4.78 is 4.34. The van der Waals surface area contributed by atoms with Crippen LogP contribution < -0.4 is 5.48 Å². The van der Waals surface area contributed by atoms with Crippen LogP contribution in [0.3, 0.4) is 0 Å². The van der Waals surface area contributed by atoms with Crippen molar-refractivity contribution in [1.82, 2.24) is 20.7 Å². The van der Waals surface area contributed by atoms with Crippen LogP contribution in [0.25, 0.3) is 0 Å². The molecule has 2 heterocycles. The van der Waals surface area contributed by atoms with Crippen LogP contribution in [-0.2, 0) is 16.2 Å². The van der Waals surface area contributed by atoms with E-state index in [1.165, 1.54) is 0 Å². The average Bonchev–Trinajstić information content (AvgIpc) is 3.07. The number of hydrogen-bond acceptors (Lipinski definition) is 7. The van der Waals surface area contributed by atoms with E-state index in [1.807, 2.05) is 0 Å². The second-order valence-electron chi connectivity index (χ2n) is 4.34. The topological polar surface area (TPSA) is 118 Å². The number of likely N-dealkylation sites (tertiary alicyclic amines) is 1. The van der Waals surface area contributed by atoms with E-state index in [9.17, 15) is 9.59 Å². The van der Waals surface area contributed by atoms with Gasteiger partial charge in [-0.25, -0.2) is 10.1 Å². The van der Waals surface area contributed by atoms with Crippen molar-refractivity contribution in [3.8, 4) is 0 Å². The SMILES string of the molecule is O=C(NOCCCN1CCCC1=O)c1nonc1CO. The lowest BCUT2D eigenvalue weighted by Gasteiger charge is -2.14. The molecule has 0 unspecified atom stereocenters. The van der Waals surface area contributed by atoms with E-state index in [0.717, 1.165) is 13.0 Å². The first-order valence-corrected chi connectivity index (χ1v) is 6.34. The minimum Gasteiger partial charge on any atom is -0.390 e. The first-order chi connectivity index (χ1) is 9.72. The molecule has 0 aliphatic carbocycles. The summed E-state index contributed by atoms with van der Waals surface area (Å²) in [5.74, 6) is -0.470. The highest BCUT2D eigenvalue weighted by Crippen LogP contribution is 2.09. The molecule has 2 N–H and O–H groups in total. The molecule has 110 valence electrons. The monoisotopic (exact) mass is 284 g/mol. The molecule has 0 atom stereocenters. The van der Waals surface area contributed by atoms with Gasteiger partial charge in [-0.05, 0) is 18.0 Å². The summed E-state index contributed by atoms with van der Waals surface area (Å²) >= 11 is 0. The van der Waals surface area contributed by atoms with Gasteiger partial charge < -0.3 is 10.0 Å². The Morgan fingerprint density at radius 1 is 1.50 bits per heavy atom. The van der Waals surface area contributed by atoms with Crippen LogP contribution in [0, 0.1) is 0 Å². The highest BCUT2D eigenvalue weighted by Gasteiger charge is 2.20. The summed E-state index contributed by atoms with van der Waals surface area (Å²) in [6, 6.07) is 0. The minimum atomic E-state index is -0.632. The molecule has 9 nitrogen and oxygen atoms in total. The van der Waals surface area contributed by atoms with Crippen molar-refractivity contribution in [3.63, 3.8) is 0 Å². The van der Waals surface area contributed by atoms with Gasteiger partial charge in [0, 0.05) is 19.5 Å². The Kier molecular flexibility index (Phi) is 5.02. The van der Waals surface area contributed by atoms with E-state index in [2.05, 4.69) is 20.4 Å². The van der Waals surface area contributed by atoms with Gasteiger partial charge in [0.15, 0.2) is 5.69 Å². The number of hydrogen-bond donors (Lipinski definition) is 2. The third-order valence-corrected chi connectivity index (χ3v) is 2.93. The molecule has 2 rings (SSSR count). The van der Waals surface area contributed by atoms with Crippen LogP contribution in [0.15, 0.2) is 4.63 Å². The molecule has 0 spiro atoms. The second kappa shape index (κ2) is 6.96. The lowest BCUT2D eigenvalue weighted by Crippen LogP contribution is -2.29. The quantitative estimate of drug-likeness (QED) is 0.499. The lowest BCUT2D eigenvalue weighted by molar-refractivity contribution is -0.127. The number of rotatable bonds is 7. The Bertz CT molecular complexity index is 475. The molecule has 1 aromatic rings. The molecular weight excluding hydrogens is 268 g/mol. The van der Waals surface area contributed by atoms with Gasteiger partial charge >= 0.3 is 0 Å². The van der Waals surface area contributed by atoms with E-state index >= 15 is 0 Å². The summed E-state index contributed by atoms with van der Waals surface area (Å²) in [4.78, 5) is 29.7. The van der Waals surface area contributed by atoms with Crippen molar-refractivity contribution in [2.45, 2.75) is 25.9 Å². The molecular formula is C11H16N4O5.